The van der Waals surface area contributed by atoms with Crippen molar-refractivity contribution in [2.75, 3.05) is 13.1 Å². The van der Waals surface area contributed by atoms with Gasteiger partial charge in [-0.3, -0.25) is 9.69 Å². The van der Waals surface area contributed by atoms with E-state index in [0.29, 0.717) is 31.2 Å². The normalized spacial score (nSPS) is 19.0. The third-order valence-electron chi connectivity index (χ3n) is 3.67. The first-order valence-corrected chi connectivity index (χ1v) is 7.57. The average molecular weight is 351 g/mol. The molecule has 1 atom stereocenters. The van der Waals surface area contributed by atoms with Gasteiger partial charge in [-0.15, -0.1) is 0 Å². The first-order chi connectivity index (χ1) is 10.1. The summed E-state index contributed by atoms with van der Waals surface area (Å²) in [6, 6.07) is 7.81. The molecule has 3 rings (SSSR count). The van der Waals surface area contributed by atoms with Gasteiger partial charge < -0.3 is 9.52 Å². The Morgan fingerprint density at radius 2 is 2.29 bits per heavy atom. The molecule has 1 unspecified atom stereocenters. The van der Waals surface area contributed by atoms with Crippen LogP contribution in [0.1, 0.15) is 12.3 Å². The second kappa shape index (κ2) is 5.99. The van der Waals surface area contributed by atoms with Gasteiger partial charge in [-0.1, -0.05) is 34.1 Å². The molecule has 1 aliphatic rings. The number of rotatable bonds is 4. The van der Waals surface area contributed by atoms with E-state index in [2.05, 4.69) is 25.8 Å². The van der Waals surface area contributed by atoms with Crippen LogP contribution < -0.4 is 0 Å². The van der Waals surface area contributed by atoms with E-state index in [9.17, 15) is 4.79 Å². The number of aliphatic carboxylic acids is 1. The summed E-state index contributed by atoms with van der Waals surface area (Å²) in [5.41, 5.74) is 0.959. The Bertz CT molecular complexity index is 656. The highest BCUT2D eigenvalue weighted by Gasteiger charge is 2.28. The summed E-state index contributed by atoms with van der Waals surface area (Å²) < 4.78 is 6.74. The SMILES string of the molecule is O=C(O)C1CCN(Cc2ncc(-c3ccccc3Br)o2)C1. The largest absolute Gasteiger partial charge is 0.481 e. The number of carboxylic acid groups (broad SMARTS) is 1. The van der Waals surface area contributed by atoms with Crippen molar-refractivity contribution in [3.8, 4) is 11.3 Å². The van der Waals surface area contributed by atoms with Gasteiger partial charge in [-0.2, -0.15) is 0 Å². The Balaban J connectivity index is 1.69. The molecule has 1 aromatic heterocycles. The maximum atomic E-state index is 11.0. The molecule has 2 aromatic rings. The van der Waals surface area contributed by atoms with Crippen LogP contribution in [0.3, 0.4) is 0 Å². The minimum Gasteiger partial charge on any atom is -0.481 e. The van der Waals surface area contributed by atoms with Crippen LogP contribution in [0.5, 0.6) is 0 Å². The summed E-state index contributed by atoms with van der Waals surface area (Å²) in [7, 11) is 0. The van der Waals surface area contributed by atoms with Crippen molar-refractivity contribution < 1.29 is 14.3 Å². The topological polar surface area (TPSA) is 66.6 Å². The number of halogens is 1. The number of likely N-dealkylation sites (tertiary alicyclic amines) is 1. The average Bonchev–Trinajstić information content (AvgIpc) is 3.09. The molecule has 1 fully saturated rings. The third kappa shape index (κ3) is 3.16. The molecule has 1 aliphatic heterocycles. The van der Waals surface area contributed by atoms with E-state index in [1.54, 1.807) is 6.20 Å². The summed E-state index contributed by atoms with van der Waals surface area (Å²) in [5, 5.41) is 9.01. The molecule has 0 amide bonds. The summed E-state index contributed by atoms with van der Waals surface area (Å²) in [6.45, 7) is 1.88. The first-order valence-electron chi connectivity index (χ1n) is 6.78. The molecule has 6 heteroatoms. The first kappa shape index (κ1) is 14.3. The van der Waals surface area contributed by atoms with Gasteiger partial charge in [0.05, 0.1) is 18.7 Å². The molecule has 1 aromatic carbocycles. The Morgan fingerprint density at radius 3 is 3.00 bits per heavy atom. The zero-order chi connectivity index (χ0) is 14.8. The molecule has 0 saturated carbocycles. The van der Waals surface area contributed by atoms with Crippen LogP contribution in [0, 0.1) is 5.92 Å². The van der Waals surface area contributed by atoms with Crippen LogP contribution >= 0.6 is 15.9 Å². The van der Waals surface area contributed by atoms with E-state index in [1.165, 1.54) is 0 Å². The van der Waals surface area contributed by atoms with Gasteiger partial charge in [0.15, 0.2) is 5.76 Å². The maximum absolute atomic E-state index is 11.0. The van der Waals surface area contributed by atoms with Gasteiger partial charge >= 0.3 is 5.97 Å². The molecule has 5 nitrogen and oxygen atoms in total. The van der Waals surface area contributed by atoms with Gasteiger partial charge in [-0.05, 0) is 19.0 Å². The molecule has 0 bridgehead atoms. The van der Waals surface area contributed by atoms with Crippen LogP contribution in [0.4, 0.5) is 0 Å². The number of nitrogens with zero attached hydrogens (tertiary/aromatic N) is 2. The molecule has 110 valence electrons. The summed E-state index contributed by atoms with van der Waals surface area (Å²) in [5.74, 6) is 0.333. The van der Waals surface area contributed by atoms with Gasteiger partial charge in [0.25, 0.3) is 0 Å². The summed E-state index contributed by atoms with van der Waals surface area (Å²) in [4.78, 5) is 17.3. The molecular formula is C15H15BrN2O3. The number of carbonyl (C=O) groups is 1. The predicted molar refractivity (Wildman–Crippen MR) is 80.7 cm³/mol. The van der Waals surface area contributed by atoms with Gasteiger partial charge in [-0.25, -0.2) is 4.98 Å². The minimum atomic E-state index is -0.723. The van der Waals surface area contributed by atoms with Crippen LogP contribution in [0.2, 0.25) is 0 Å². The Morgan fingerprint density at radius 1 is 1.48 bits per heavy atom. The third-order valence-corrected chi connectivity index (χ3v) is 4.36. The Hall–Kier alpha value is -1.66. The fourth-order valence-electron chi connectivity index (χ4n) is 2.54. The highest BCUT2D eigenvalue weighted by molar-refractivity contribution is 9.10. The monoisotopic (exact) mass is 350 g/mol. The minimum absolute atomic E-state index is 0.275. The van der Waals surface area contributed by atoms with Gasteiger partial charge in [0.2, 0.25) is 5.89 Å². The lowest BCUT2D eigenvalue weighted by Gasteiger charge is -2.12. The maximum Gasteiger partial charge on any atom is 0.307 e. The molecule has 2 heterocycles. The molecule has 1 saturated heterocycles. The lowest BCUT2D eigenvalue weighted by Crippen LogP contribution is -2.22. The van der Waals surface area contributed by atoms with Crippen LogP contribution in [0.25, 0.3) is 11.3 Å². The van der Waals surface area contributed by atoms with E-state index in [4.69, 9.17) is 9.52 Å². The lowest BCUT2D eigenvalue weighted by atomic mass is 10.1. The summed E-state index contributed by atoms with van der Waals surface area (Å²) >= 11 is 3.49. The molecule has 0 aliphatic carbocycles. The zero-order valence-corrected chi connectivity index (χ0v) is 12.9. The van der Waals surface area contributed by atoms with E-state index in [0.717, 1.165) is 16.6 Å². The summed E-state index contributed by atoms with van der Waals surface area (Å²) in [6.07, 6.45) is 2.40. The van der Waals surface area contributed by atoms with E-state index >= 15 is 0 Å². The van der Waals surface area contributed by atoms with Crippen LogP contribution in [-0.2, 0) is 11.3 Å². The second-order valence-electron chi connectivity index (χ2n) is 5.16. The molecular weight excluding hydrogens is 336 g/mol. The molecule has 0 spiro atoms. The van der Waals surface area contributed by atoms with Crippen molar-refractivity contribution in [2.45, 2.75) is 13.0 Å². The van der Waals surface area contributed by atoms with Crippen molar-refractivity contribution in [3.63, 3.8) is 0 Å². The van der Waals surface area contributed by atoms with Gasteiger partial charge in [0.1, 0.15) is 0 Å². The number of carboxylic acids is 1. The van der Waals surface area contributed by atoms with Crippen molar-refractivity contribution in [1.82, 2.24) is 9.88 Å². The number of oxazole rings is 1. The van der Waals surface area contributed by atoms with E-state index in [-0.39, 0.29) is 5.92 Å². The van der Waals surface area contributed by atoms with Crippen molar-refractivity contribution in [2.24, 2.45) is 5.92 Å². The van der Waals surface area contributed by atoms with Crippen LogP contribution in [-0.4, -0.2) is 34.0 Å². The quantitative estimate of drug-likeness (QED) is 0.917. The number of benzene rings is 1. The van der Waals surface area contributed by atoms with Crippen molar-refractivity contribution in [1.29, 1.82) is 0 Å². The highest BCUT2D eigenvalue weighted by Crippen LogP contribution is 2.29. The predicted octanol–water partition coefficient (Wildman–Crippen LogP) is 3.01. The van der Waals surface area contributed by atoms with E-state index < -0.39 is 5.97 Å². The fourth-order valence-corrected chi connectivity index (χ4v) is 3.02. The lowest BCUT2D eigenvalue weighted by molar-refractivity contribution is -0.141. The van der Waals surface area contributed by atoms with Crippen LogP contribution in [0.15, 0.2) is 39.4 Å². The fraction of sp³-hybridized carbons (Fsp3) is 0.333. The number of hydrogen-bond donors (Lipinski definition) is 1. The molecule has 1 N–H and O–H groups in total. The number of hydrogen-bond acceptors (Lipinski definition) is 4. The van der Waals surface area contributed by atoms with E-state index in [1.807, 2.05) is 24.3 Å². The second-order valence-corrected chi connectivity index (χ2v) is 6.01. The molecule has 0 radical (unpaired) electrons. The zero-order valence-electron chi connectivity index (χ0n) is 11.3. The standard InChI is InChI=1S/C15H15BrN2O3/c16-12-4-2-1-3-11(12)13-7-17-14(21-13)9-18-6-5-10(8-18)15(19)20/h1-4,7,10H,5-6,8-9H2,(H,19,20). The molecule has 21 heavy (non-hydrogen) atoms. The Kier molecular flexibility index (Phi) is 4.07. The van der Waals surface area contributed by atoms with Gasteiger partial charge in [0, 0.05) is 16.6 Å². The van der Waals surface area contributed by atoms with Crippen molar-refractivity contribution >= 4 is 21.9 Å². The highest BCUT2D eigenvalue weighted by atomic mass is 79.9. The van der Waals surface area contributed by atoms with Crippen molar-refractivity contribution in [3.05, 3.63) is 40.8 Å². The number of aromatic nitrogens is 1. The Labute approximate surface area is 130 Å². The smallest absolute Gasteiger partial charge is 0.307 e.